The summed E-state index contributed by atoms with van der Waals surface area (Å²) in [6, 6.07) is 2.32. The molecule has 0 saturated carbocycles. The van der Waals surface area contributed by atoms with E-state index < -0.39 is 70.7 Å². The number of ether oxygens (including phenoxy) is 2. The van der Waals surface area contributed by atoms with Crippen LogP contribution in [0.2, 0.25) is 0 Å². The third-order valence-corrected chi connectivity index (χ3v) is 5.76. The van der Waals surface area contributed by atoms with Crippen molar-refractivity contribution in [2.75, 3.05) is 12.4 Å². The number of nitrogens with zero attached hydrogens (tertiary/aromatic N) is 1. The van der Waals surface area contributed by atoms with Gasteiger partial charge in [0.05, 0.1) is 8.48 Å². The van der Waals surface area contributed by atoms with Crippen molar-refractivity contribution in [1.82, 2.24) is 4.98 Å². The number of benzene rings is 1. The molecule has 1 saturated heterocycles. The number of carbonyl (C=O) groups is 2. The van der Waals surface area contributed by atoms with Crippen LogP contribution in [0.4, 0.5) is 27.6 Å². The van der Waals surface area contributed by atoms with Crippen LogP contribution in [0.25, 0.3) is 0 Å². The lowest BCUT2D eigenvalue weighted by atomic mass is 9.77. The number of anilines is 1. The molecule has 1 aromatic carbocycles. The Bertz CT molecular complexity index is 1150. The molecule has 0 unspecified atom stereocenters. The molecule has 1 aliphatic heterocycles. The number of amides is 2. The number of carbonyl (C=O) groups excluding carboxylic acids is 2. The fourth-order valence-corrected chi connectivity index (χ4v) is 3.83. The van der Waals surface area contributed by atoms with Gasteiger partial charge in [-0.2, -0.15) is 17.6 Å². The summed E-state index contributed by atoms with van der Waals surface area (Å²) in [7, 11) is 1.01. The van der Waals surface area contributed by atoms with E-state index in [1.807, 2.05) is 0 Å². The predicted octanol–water partition coefficient (Wildman–Crippen LogP) is 3.55. The van der Waals surface area contributed by atoms with Crippen molar-refractivity contribution in [1.29, 1.82) is 0 Å². The van der Waals surface area contributed by atoms with Gasteiger partial charge in [-0.3, -0.25) is 14.6 Å². The van der Waals surface area contributed by atoms with Crippen LogP contribution in [-0.2, 0) is 9.53 Å². The molecule has 4 atom stereocenters. The van der Waals surface area contributed by atoms with Gasteiger partial charge in [-0.1, -0.05) is 13.0 Å². The van der Waals surface area contributed by atoms with E-state index in [0.29, 0.717) is 6.07 Å². The van der Waals surface area contributed by atoms with Crippen LogP contribution < -0.4 is 15.8 Å². The van der Waals surface area contributed by atoms with Crippen LogP contribution in [0, 0.1) is 17.6 Å². The van der Waals surface area contributed by atoms with Gasteiger partial charge >= 0.3 is 6.18 Å². The minimum absolute atomic E-state index is 0.208. The van der Waals surface area contributed by atoms with Gasteiger partial charge in [0.15, 0.2) is 17.2 Å². The van der Waals surface area contributed by atoms with Crippen LogP contribution in [0.1, 0.15) is 37.2 Å². The van der Waals surface area contributed by atoms with Crippen molar-refractivity contribution in [3.05, 3.63) is 53.3 Å². The molecule has 0 aliphatic carbocycles. The minimum Gasteiger partial charge on any atom is -0.493 e. The van der Waals surface area contributed by atoms with E-state index in [2.05, 4.69) is 10.3 Å². The van der Waals surface area contributed by atoms with Crippen LogP contribution in [0.5, 0.6) is 5.75 Å². The maximum absolute atomic E-state index is 14.4. The zero-order valence-electron chi connectivity index (χ0n) is 18.6. The number of pyridine rings is 1. The second-order valence-corrected chi connectivity index (χ2v) is 7.63. The van der Waals surface area contributed by atoms with E-state index >= 15 is 0 Å². The van der Waals surface area contributed by atoms with E-state index in [1.165, 1.54) is 6.92 Å². The van der Waals surface area contributed by atoms with Gasteiger partial charge in [0.1, 0.15) is 11.8 Å². The van der Waals surface area contributed by atoms with Crippen LogP contribution in [0.3, 0.4) is 0 Å². The highest BCUT2D eigenvalue weighted by molar-refractivity contribution is 5.97. The number of halogens is 5. The Labute approximate surface area is 186 Å². The largest absolute Gasteiger partial charge is 0.493 e. The maximum atomic E-state index is 14.4. The zero-order chi connectivity index (χ0) is 25.6. The number of rotatable bonds is 5. The first kappa shape index (κ1) is 22.9. The SMILES string of the molecule is [2H]c1c(NC(=O)[C@@H]2O[C@](C)(C(F)(F)F)[C@H](C)[C@H]2c2ccc(F)c(F)c2OC)ccnc1C(N)=O. The average molecular weight is 474 g/mol. The summed E-state index contributed by atoms with van der Waals surface area (Å²) < 4.78 is 88.2. The quantitative estimate of drug-likeness (QED) is 0.646. The number of methoxy groups -OCH3 is 1. The van der Waals surface area contributed by atoms with Crippen molar-refractivity contribution in [3.8, 4) is 5.75 Å². The van der Waals surface area contributed by atoms with Gasteiger partial charge in [-0.15, -0.1) is 0 Å². The van der Waals surface area contributed by atoms with Gasteiger partial charge in [0.2, 0.25) is 5.82 Å². The van der Waals surface area contributed by atoms with Crippen LogP contribution >= 0.6 is 0 Å². The highest BCUT2D eigenvalue weighted by Gasteiger charge is 2.65. The lowest BCUT2D eigenvalue weighted by Crippen LogP contribution is -2.47. The van der Waals surface area contributed by atoms with Crippen molar-refractivity contribution in [2.24, 2.45) is 11.7 Å². The number of hydrogen-bond acceptors (Lipinski definition) is 5. The lowest BCUT2D eigenvalue weighted by molar-refractivity contribution is -0.272. The Hall–Kier alpha value is -3.28. The van der Waals surface area contributed by atoms with Gasteiger partial charge < -0.3 is 20.5 Å². The van der Waals surface area contributed by atoms with E-state index in [9.17, 15) is 31.5 Å². The summed E-state index contributed by atoms with van der Waals surface area (Å²) in [6.45, 7) is 1.91. The summed E-state index contributed by atoms with van der Waals surface area (Å²) in [5, 5.41) is 2.25. The predicted molar refractivity (Wildman–Crippen MR) is 106 cm³/mol. The molecule has 0 radical (unpaired) electrons. The number of primary amides is 1. The smallest absolute Gasteiger partial charge is 0.417 e. The summed E-state index contributed by atoms with van der Waals surface area (Å²) in [6.07, 6.45) is -5.71. The lowest BCUT2D eigenvalue weighted by Gasteiger charge is -2.32. The second kappa shape index (κ2) is 8.58. The molecular formula is C21H20F5N3O4. The molecule has 178 valence electrons. The van der Waals surface area contributed by atoms with Crippen LogP contribution in [0.15, 0.2) is 30.4 Å². The summed E-state index contributed by atoms with van der Waals surface area (Å²) in [4.78, 5) is 28.2. The number of nitrogens with two attached hydrogens (primary N) is 1. The average Bonchev–Trinajstić information content (AvgIpc) is 3.03. The van der Waals surface area contributed by atoms with Crippen molar-refractivity contribution in [3.63, 3.8) is 0 Å². The monoisotopic (exact) mass is 474 g/mol. The third-order valence-electron chi connectivity index (χ3n) is 5.76. The third kappa shape index (κ3) is 4.22. The van der Waals surface area contributed by atoms with Crippen molar-refractivity contribution < 1.29 is 42.4 Å². The highest BCUT2D eigenvalue weighted by Crippen LogP contribution is 2.55. The number of nitrogens with one attached hydrogen (secondary N) is 1. The summed E-state index contributed by atoms with van der Waals surface area (Å²) >= 11 is 0. The molecule has 3 rings (SSSR count). The van der Waals surface area contributed by atoms with E-state index in [-0.39, 0.29) is 11.3 Å². The van der Waals surface area contributed by atoms with Gasteiger partial charge in [0.25, 0.3) is 11.8 Å². The summed E-state index contributed by atoms with van der Waals surface area (Å²) in [5.74, 6) is -8.43. The molecule has 3 N–H and O–H groups in total. The summed E-state index contributed by atoms with van der Waals surface area (Å²) in [5.41, 5.74) is 1.35. The second-order valence-electron chi connectivity index (χ2n) is 7.63. The molecule has 33 heavy (non-hydrogen) atoms. The molecule has 1 aromatic heterocycles. The molecule has 7 nitrogen and oxygen atoms in total. The maximum Gasteiger partial charge on any atom is 0.417 e. The molecule has 0 spiro atoms. The fraction of sp³-hybridized carbons (Fsp3) is 0.381. The first-order valence-corrected chi connectivity index (χ1v) is 9.57. The molecule has 1 fully saturated rings. The molecule has 0 bridgehead atoms. The zero-order valence-corrected chi connectivity index (χ0v) is 17.6. The first-order chi connectivity index (χ1) is 15.7. The Balaban J connectivity index is 2.11. The number of hydrogen-bond donors (Lipinski definition) is 2. The Morgan fingerprint density at radius 1 is 1.30 bits per heavy atom. The Morgan fingerprint density at radius 3 is 2.55 bits per heavy atom. The normalized spacial score (nSPS) is 25.5. The number of alkyl halides is 3. The number of aromatic nitrogens is 1. The topological polar surface area (TPSA) is 104 Å². The molecule has 1 aliphatic rings. The van der Waals surface area contributed by atoms with Gasteiger partial charge in [0, 0.05) is 29.3 Å². The molecular weight excluding hydrogens is 453 g/mol. The van der Waals surface area contributed by atoms with Crippen molar-refractivity contribution >= 4 is 17.5 Å². The molecule has 2 aromatic rings. The standard InChI is InChI=1S/C21H20F5N3O4/c1-9-14(11-4-5-12(22)15(23)16(11)32-3)17(33-20(9,2)21(24,25)26)19(31)29-10-6-7-28-13(8-10)18(27)30/h4-9,14,17H,1-3H3,(H2,27,30)(H,28,29,31)/t9-,14+,17-,20+/m1/s1/i8D. The van der Waals surface area contributed by atoms with Gasteiger partial charge in [-0.05, 0) is 25.1 Å². The molecule has 2 amide bonds. The molecule has 12 heteroatoms. The Morgan fingerprint density at radius 2 is 1.97 bits per heavy atom. The van der Waals surface area contributed by atoms with Crippen LogP contribution in [-0.4, -0.2) is 41.8 Å². The van der Waals surface area contributed by atoms with E-state index in [1.54, 1.807) is 0 Å². The van der Waals surface area contributed by atoms with Gasteiger partial charge in [-0.25, -0.2) is 4.39 Å². The molecule has 2 heterocycles. The Kier molecular flexibility index (Phi) is 5.95. The highest BCUT2D eigenvalue weighted by atomic mass is 19.4. The minimum atomic E-state index is -4.93. The van der Waals surface area contributed by atoms with E-state index in [4.69, 9.17) is 16.6 Å². The van der Waals surface area contributed by atoms with E-state index in [0.717, 1.165) is 32.4 Å². The fourth-order valence-electron chi connectivity index (χ4n) is 3.83. The first-order valence-electron chi connectivity index (χ1n) is 10.1. The van der Waals surface area contributed by atoms with Crippen molar-refractivity contribution in [2.45, 2.75) is 37.6 Å².